The van der Waals surface area contributed by atoms with Crippen molar-refractivity contribution in [3.63, 3.8) is 0 Å². The standard InChI is InChI=1S/C16H19N3O2S/c1-10-19-14(9-22-10)11-3-2-4-12(5-11)16(21)18-7-13-6-17-8-15(13)20/h2-5,9,13,15,17,20H,6-8H2,1H3,(H,18,21). The van der Waals surface area contributed by atoms with Crippen molar-refractivity contribution in [3.8, 4) is 11.3 Å². The molecular weight excluding hydrogens is 298 g/mol. The summed E-state index contributed by atoms with van der Waals surface area (Å²) < 4.78 is 0. The summed E-state index contributed by atoms with van der Waals surface area (Å²) in [6.45, 7) is 3.78. The first kappa shape index (κ1) is 15.1. The molecule has 22 heavy (non-hydrogen) atoms. The van der Waals surface area contributed by atoms with Gasteiger partial charge in [0.25, 0.3) is 5.91 Å². The fourth-order valence-corrected chi connectivity index (χ4v) is 3.19. The topological polar surface area (TPSA) is 74.2 Å². The molecule has 3 rings (SSSR count). The lowest BCUT2D eigenvalue weighted by Gasteiger charge is -2.14. The van der Waals surface area contributed by atoms with Crippen LogP contribution in [0.4, 0.5) is 0 Å². The lowest BCUT2D eigenvalue weighted by Crippen LogP contribution is -2.34. The van der Waals surface area contributed by atoms with Crippen LogP contribution in [0.25, 0.3) is 11.3 Å². The minimum absolute atomic E-state index is 0.0772. The maximum absolute atomic E-state index is 12.3. The van der Waals surface area contributed by atoms with Crippen LogP contribution in [0.15, 0.2) is 29.6 Å². The number of aryl methyl sites for hydroxylation is 1. The largest absolute Gasteiger partial charge is 0.391 e. The van der Waals surface area contributed by atoms with Crippen LogP contribution in [0, 0.1) is 12.8 Å². The highest BCUT2D eigenvalue weighted by molar-refractivity contribution is 7.09. The minimum Gasteiger partial charge on any atom is -0.391 e. The number of nitrogens with zero attached hydrogens (tertiary/aromatic N) is 1. The predicted molar refractivity (Wildman–Crippen MR) is 87.0 cm³/mol. The smallest absolute Gasteiger partial charge is 0.251 e. The van der Waals surface area contributed by atoms with Gasteiger partial charge in [0, 0.05) is 42.1 Å². The second-order valence-corrected chi connectivity index (χ2v) is 6.59. The van der Waals surface area contributed by atoms with E-state index in [1.165, 1.54) is 0 Å². The van der Waals surface area contributed by atoms with Crippen LogP contribution in [0.5, 0.6) is 0 Å². The predicted octanol–water partition coefficient (Wildman–Crippen LogP) is 1.43. The van der Waals surface area contributed by atoms with Crippen LogP contribution in [0.3, 0.4) is 0 Å². The van der Waals surface area contributed by atoms with E-state index in [0.717, 1.165) is 22.8 Å². The Hall–Kier alpha value is -1.76. The molecule has 116 valence electrons. The maximum Gasteiger partial charge on any atom is 0.251 e. The van der Waals surface area contributed by atoms with E-state index in [2.05, 4.69) is 15.6 Å². The summed E-state index contributed by atoms with van der Waals surface area (Å²) >= 11 is 1.59. The number of thiazole rings is 1. The van der Waals surface area contributed by atoms with Gasteiger partial charge in [-0.1, -0.05) is 12.1 Å². The first-order valence-corrected chi connectivity index (χ1v) is 8.21. The van der Waals surface area contributed by atoms with Gasteiger partial charge in [0.1, 0.15) is 0 Å². The molecule has 1 aliphatic heterocycles. The Bertz CT molecular complexity index is 671. The highest BCUT2D eigenvalue weighted by Gasteiger charge is 2.25. The number of hydrogen-bond donors (Lipinski definition) is 3. The van der Waals surface area contributed by atoms with Crippen molar-refractivity contribution >= 4 is 17.2 Å². The van der Waals surface area contributed by atoms with E-state index < -0.39 is 0 Å². The van der Waals surface area contributed by atoms with Gasteiger partial charge in [0.05, 0.1) is 16.8 Å². The molecule has 2 atom stereocenters. The summed E-state index contributed by atoms with van der Waals surface area (Å²) in [5.41, 5.74) is 2.45. The van der Waals surface area contributed by atoms with Crippen molar-refractivity contribution < 1.29 is 9.90 Å². The number of carbonyl (C=O) groups excluding carboxylic acids is 1. The number of hydrogen-bond acceptors (Lipinski definition) is 5. The molecule has 1 aromatic heterocycles. The quantitative estimate of drug-likeness (QED) is 0.797. The van der Waals surface area contributed by atoms with Crippen LogP contribution in [0.2, 0.25) is 0 Å². The molecule has 0 bridgehead atoms. The van der Waals surface area contributed by atoms with Gasteiger partial charge in [-0.25, -0.2) is 4.98 Å². The fourth-order valence-electron chi connectivity index (χ4n) is 2.57. The zero-order chi connectivity index (χ0) is 15.5. The minimum atomic E-state index is -0.385. The fraction of sp³-hybridized carbons (Fsp3) is 0.375. The molecule has 2 heterocycles. The van der Waals surface area contributed by atoms with E-state index in [1.54, 1.807) is 17.4 Å². The summed E-state index contributed by atoms with van der Waals surface area (Å²) in [5, 5.41) is 18.8. The number of benzene rings is 1. The first-order valence-electron chi connectivity index (χ1n) is 7.33. The molecule has 3 N–H and O–H groups in total. The highest BCUT2D eigenvalue weighted by Crippen LogP contribution is 2.22. The number of carbonyl (C=O) groups is 1. The van der Waals surface area contributed by atoms with Gasteiger partial charge in [0.2, 0.25) is 0 Å². The van der Waals surface area contributed by atoms with Crippen LogP contribution in [0.1, 0.15) is 15.4 Å². The van der Waals surface area contributed by atoms with Gasteiger partial charge in [-0.3, -0.25) is 4.79 Å². The van der Waals surface area contributed by atoms with Crippen molar-refractivity contribution in [3.05, 3.63) is 40.2 Å². The third-order valence-corrected chi connectivity index (χ3v) is 4.64. The Labute approximate surface area is 133 Å². The Morgan fingerprint density at radius 3 is 3.05 bits per heavy atom. The maximum atomic E-state index is 12.3. The molecule has 2 aromatic rings. The number of amides is 1. The Balaban J connectivity index is 1.67. The van der Waals surface area contributed by atoms with Crippen molar-refractivity contribution in [1.29, 1.82) is 0 Å². The Morgan fingerprint density at radius 1 is 1.50 bits per heavy atom. The van der Waals surface area contributed by atoms with Crippen molar-refractivity contribution in [1.82, 2.24) is 15.6 Å². The average molecular weight is 317 g/mol. The van der Waals surface area contributed by atoms with Gasteiger partial charge in [0.15, 0.2) is 0 Å². The summed E-state index contributed by atoms with van der Waals surface area (Å²) in [4.78, 5) is 16.7. The molecule has 5 nitrogen and oxygen atoms in total. The van der Waals surface area contributed by atoms with E-state index in [9.17, 15) is 9.90 Å². The molecular formula is C16H19N3O2S. The van der Waals surface area contributed by atoms with E-state index in [4.69, 9.17) is 0 Å². The third-order valence-electron chi connectivity index (χ3n) is 3.87. The Morgan fingerprint density at radius 2 is 2.36 bits per heavy atom. The summed E-state index contributed by atoms with van der Waals surface area (Å²) in [7, 11) is 0. The Kier molecular flexibility index (Phi) is 4.52. The van der Waals surface area contributed by atoms with Crippen molar-refractivity contribution in [2.45, 2.75) is 13.0 Å². The zero-order valence-corrected chi connectivity index (χ0v) is 13.2. The summed E-state index contributed by atoms with van der Waals surface area (Å²) in [6, 6.07) is 7.47. The van der Waals surface area contributed by atoms with E-state index in [0.29, 0.717) is 18.7 Å². The lowest BCUT2D eigenvalue weighted by molar-refractivity contribution is 0.0927. The van der Waals surface area contributed by atoms with Gasteiger partial charge < -0.3 is 15.7 Å². The number of β-amino-alcohol motifs (C(OH)–C–C–N with tert-alkyl or cyclic N) is 1. The molecule has 1 aliphatic rings. The second kappa shape index (κ2) is 6.56. The van der Waals surface area contributed by atoms with Gasteiger partial charge in [-0.15, -0.1) is 11.3 Å². The normalized spacial score (nSPS) is 21.0. The number of aliphatic hydroxyl groups excluding tert-OH is 1. The first-order chi connectivity index (χ1) is 10.6. The molecule has 1 aromatic carbocycles. The second-order valence-electron chi connectivity index (χ2n) is 5.53. The van der Waals surface area contributed by atoms with Crippen molar-refractivity contribution in [2.75, 3.05) is 19.6 Å². The van der Waals surface area contributed by atoms with Gasteiger partial charge in [-0.05, 0) is 19.1 Å². The van der Waals surface area contributed by atoms with Crippen molar-refractivity contribution in [2.24, 2.45) is 5.92 Å². The average Bonchev–Trinajstić information content (AvgIpc) is 3.13. The number of rotatable bonds is 4. The molecule has 2 unspecified atom stereocenters. The molecule has 1 saturated heterocycles. The molecule has 0 spiro atoms. The van der Waals surface area contributed by atoms with Crippen LogP contribution in [-0.4, -0.2) is 41.7 Å². The van der Waals surface area contributed by atoms with Crippen LogP contribution < -0.4 is 10.6 Å². The van der Waals surface area contributed by atoms with Gasteiger partial charge in [-0.2, -0.15) is 0 Å². The summed E-state index contributed by atoms with van der Waals surface area (Å²) in [6.07, 6.45) is -0.385. The van der Waals surface area contributed by atoms with Gasteiger partial charge >= 0.3 is 0 Å². The van der Waals surface area contributed by atoms with E-state index in [-0.39, 0.29) is 17.9 Å². The van der Waals surface area contributed by atoms with E-state index in [1.807, 2.05) is 30.5 Å². The molecule has 0 radical (unpaired) electrons. The zero-order valence-electron chi connectivity index (χ0n) is 12.4. The van der Waals surface area contributed by atoms with Crippen LogP contribution >= 0.6 is 11.3 Å². The van der Waals surface area contributed by atoms with E-state index >= 15 is 0 Å². The molecule has 0 aliphatic carbocycles. The molecule has 1 fully saturated rings. The summed E-state index contributed by atoms with van der Waals surface area (Å²) in [5.74, 6) is -0.0405. The SMILES string of the molecule is Cc1nc(-c2cccc(C(=O)NCC3CNCC3O)c2)cs1. The highest BCUT2D eigenvalue weighted by atomic mass is 32.1. The number of aliphatic hydroxyl groups is 1. The molecule has 0 saturated carbocycles. The monoisotopic (exact) mass is 317 g/mol. The third kappa shape index (κ3) is 3.35. The molecule has 1 amide bonds. The number of nitrogens with one attached hydrogen (secondary N) is 2. The van der Waals surface area contributed by atoms with Crippen LogP contribution in [-0.2, 0) is 0 Å². The lowest BCUT2D eigenvalue weighted by atomic mass is 10.1. The molecule has 6 heteroatoms. The number of aromatic nitrogens is 1.